The van der Waals surface area contributed by atoms with Gasteiger partial charge in [-0.1, -0.05) is 18.2 Å². The maximum Gasteiger partial charge on any atom is 0.294 e. The number of hydrogen-bond acceptors (Lipinski definition) is 19. The number of rotatable bonds is 20. The normalized spacial score (nSPS) is 13.3. The molecule has 0 saturated heterocycles. The maximum atomic E-state index is 11.9. The van der Waals surface area contributed by atoms with Gasteiger partial charge in [0.25, 0.3) is 50.6 Å². The molecule has 0 unspecified atom stereocenters. The van der Waals surface area contributed by atoms with Crippen molar-refractivity contribution in [3.63, 3.8) is 0 Å². The van der Waals surface area contributed by atoms with E-state index in [0.29, 0.717) is 0 Å². The molecular weight excluding hydrogens is 1040 g/mol. The Labute approximate surface area is 403 Å². The highest BCUT2D eigenvalue weighted by Gasteiger charge is 2.14. The van der Waals surface area contributed by atoms with Crippen LogP contribution in [0.5, 0.6) is 11.5 Å². The van der Waals surface area contributed by atoms with Gasteiger partial charge in [0.1, 0.15) is 22.9 Å². The molecule has 0 aliphatic rings. The van der Waals surface area contributed by atoms with Gasteiger partial charge in [-0.25, -0.2) is 15.0 Å². The van der Waals surface area contributed by atoms with E-state index in [-0.39, 0.29) is 94.2 Å². The van der Waals surface area contributed by atoms with Crippen molar-refractivity contribution in [1.29, 1.82) is 0 Å². The number of aromatic amines is 3. The molecule has 0 spiro atoms. The van der Waals surface area contributed by atoms with Gasteiger partial charge in [-0.3, -0.25) is 37.7 Å². The summed E-state index contributed by atoms with van der Waals surface area (Å²) >= 11 is 0. The predicted molar refractivity (Wildman–Crippen MR) is 248 cm³/mol. The highest BCUT2D eigenvalue weighted by Crippen LogP contribution is 2.34. The van der Waals surface area contributed by atoms with E-state index in [1.165, 1.54) is 72.8 Å². The summed E-state index contributed by atoms with van der Waals surface area (Å²) in [6.45, 7) is -0.555. The summed E-state index contributed by atoms with van der Waals surface area (Å²) in [6.07, 6.45) is -0.359. The summed E-state index contributed by atoms with van der Waals surface area (Å²) in [7, 11) is -22.5. The van der Waals surface area contributed by atoms with E-state index >= 15 is 0 Å². The van der Waals surface area contributed by atoms with Gasteiger partial charge in [-0.05, 0) is 91.7 Å². The fourth-order valence-corrected chi connectivity index (χ4v) is 8.24. The van der Waals surface area contributed by atoms with Crippen LogP contribution in [-0.2, 0) is 50.6 Å². The van der Waals surface area contributed by atoms with Gasteiger partial charge in [0, 0.05) is 12.1 Å². The Morgan fingerprint density at radius 3 is 1.07 bits per heavy atom. The topological polar surface area (TPSA) is 424 Å². The fourth-order valence-electron chi connectivity index (χ4n) is 5.72. The number of nitrogens with one attached hydrogen (secondary N) is 3. The molecule has 1 aromatic heterocycles. The largest absolute Gasteiger partial charge is 0.491 e. The van der Waals surface area contributed by atoms with Crippen LogP contribution in [-0.4, -0.2) is 105 Å². The molecule has 0 atom stereocenters. The lowest BCUT2D eigenvalue weighted by Crippen LogP contribution is -2.36. The molecule has 1 heterocycles. The molecule has 6 aromatic rings. The second-order valence-electron chi connectivity index (χ2n) is 14.4. The van der Waals surface area contributed by atoms with Crippen LogP contribution in [0.4, 0.5) is 39.8 Å². The first-order valence-corrected chi connectivity index (χ1v) is 27.4. The Morgan fingerprint density at radius 2 is 0.718 bits per heavy atom. The zero-order valence-corrected chi connectivity index (χ0v) is 40.0. The van der Waals surface area contributed by atoms with E-state index in [1.54, 1.807) is 0 Å². The van der Waals surface area contributed by atoms with Crippen LogP contribution in [0.25, 0.3) is 0 Å². The average molecular weight is 1080 g/mol. The summed E-state index contributed by atoms with van der Waals surface area (Å²) in [4.78, 5) is 20.8. The van der Waals surface area contributed by atoms with Crippen LogP contribution in [0, 0.1) is 0 Å². The van der Waals surface area contributed by atoms with Gasteiger partial charge in [-0.2, -0.15) is 62.5 Å². The summed E-state index contributed by atoms with van der Waals surface area (Å²) in [5, 5.41) is 16.2. The SMILES string of the molecule is O=S(=O)(O)CCCOc1cc(N=Nc2cccc(S(=O)(=O)O)c2)ccc1N=c1[nH]c(=Nc2cccc(S(=O)(=O)O)c2)[nH]c(=Nc2ccc(N=Nc3cccc(S(=O)(=O)O)c3)cc2OCCCS(=O)(=O)O)[nH]1. The van der Waals surface area contributed by atoms with Crippen molar-refractivity contribution in [3.05, 3.63) is 126 Å². The number of H-pyrrole nitrogens is 3. The van der Waals surface area contributed by atoms with Crippen LogP contribution >= 0.6 is 0 Å². The average Bonchev–Trinajstić information content (AvgIpc) is 3.28. The van der Waals surface area contributed by atoms with Gasteiger partial charge in [0.2, 0.25) is 16.9 Å². The minimum atomic E-state index is -4.67. The van der Waals surface area contributed by atoms with Crippen molar-refractivity contribution in [2.45, 2.75) is 27.5 Å². The van der Waals surface area contributed by atoms with E-state index in [9.17, 15) is 64.9 Å². The Balaban J connectivity index is 1.49. The smallest absolute Gasteiger partial charge is 0.294 e. The van der Waals surface area contributed by atoms with E-state index in [4.69, 9.17) is 9.47 Å². The molecule has 27 nitrogen and oxygen atoms in total. The van der Waals surface area contributed by atoms with E-state index in [1.807, 2.05) is 0 Å². The molecule has 0 aliphatic carbocycles. The summed E-state index contributed by atoms with van der Waals surface area (Å²) < 4.78 is 175. The zero-order valence-electron chi connectivity index (χ0n) is 35.9. The molecule has 0 aliphatic heterocycles. The molecule has 0 saturated carbocycles. The Morgan fingerprint density at radius 1 is 0.394 bits per heavy atom. The van der Waals surface area contributed by atoms with Crippen molar-refractivity contribution >= 4 is 90.4 Å². The first-order valence-electron chi connectivity index (χ1n) is 19.8. The number of aromatic nitrogens is 3. The second kappa shape index (κ2) is 22.3. The second-order valence-corrected chi connectivity index (χ2v) is 21.8. The molecule has 5 aromatic carbocycles. The minimum Gasteiger partial charge on any atom is -0.491 e. The molecule has 6 rings (SSSR count). The number of ether oxygens (including phenoxy) is 2. The van der Waals surface area contributed by atoms with Crippen LogP contribution in [0.2, 0.25) is 0 Å². The Bertz CT molecular complexity index is 3630. The van der Waals surface area contributed by atoms with Crippen molar-refractivity contribution in [2.24, 2.45) is 35.4 Å². The molecule has 376 valence electrons. The lowest BCUT2D eigenvalue weighted by atomic mass is 10.2. The highest BCUT2D eigenvalue weighted by molar-refractivity contribution is 7.86. The molecule has 32 heteroatoms. The van der Waals surface area contributed by atoms with E-state index in [0.717, 1.165) is 36.4 Å². The number of benzene rings is 5. The zero-order chi connectivity index (χ0) is 51.6. The van der Waals surface area contributed by atoms with Crippen molar-refractivity contribution in [1.82, 2.24) is 15.0 Å². The van der Waals surface area contributed by atoms with Gasteiger partial charge in [0.15, 0.2) is 0 Å². The van der Waals surface area contributed by atoms with Crippen molar-refractivity contribution in [2.75, 3.05) is 24.7 Å². The Kier molecular flexibility index (Phi) is 16.7. The third kappa shape index (κ3) is 17.0. The van der Waals surface area contributed by atoms with Gasteiger partial charge < -0.3 is 9.47 Å². The van der Waals surface area contributed by atoms with E-state index in [2.05, 4.69) is 50.4 Å². The molecular formula is C39H38N10O17S5. The molecule has 71 heavy (non-hydrogen) atoms. The minimum absolute atomic E-state index is 0.00452. The van der Waals surface area contributed by atoms with Gasteiger partial charge in [-0.15, -0.1) is 0 Å². The maximum absolute atomic E-state index is 11.9. The summed E-state index contributed by atoms with van der Waals surface area (Å²) in [5.41, 5.74) is -0.0874. The van der Waals surface area contributed by atoms with Crippen LogP contribution in [0.3, 0.4) is 0 Å². The first kappa shape index (κ1) is 53.2. The first-order chi connectivity index (χ1) is 33.3. The van der Waals surface area contributed by atoms with Gasteiger partial charge in [0.05, 0.1) is 67.8 Å². The van der Waals surface area contributed by atoms with Crippen molar-refractivity contribution in [3.8, 4) is 11.5 Å². The van der Waals surface area contributed by atoms with Crippen molar-refractivity contribution < 1.29 is 74.3 Å². The highest BCUT2D eigenvalue weighted by atomic mass is 32.2. The lowest BCUT2D eigenvalue weighted by molar-refractivity contribution is 0.317. The Hall–Kier alpha value is -7.14. The third-order valence-electron chi connectivity index (χ3n) is 8.82. The lowest BCUT2D eigenvalue weighted by Gasteiger charge is -2.10. The predicted octanol–water partition coefficient (Wildman–Crippen LogP) is 5.25. The molecule has 0 fully saturated rings. The molecule has 8 N–H and O–H groups in total. The molecule has 0 bridgehead atoms. The number of azo groups is 2. The summed E-state index contributed by atoms with van der Waals surface area (Å²) in [5.74, 6) is -1.39. The van der Waals surface area contributed by atoms with E-state index < -0.39 is 76.8 Å². The molecule has 0 amide bonds. The molecule has 0 radical (unpaired) electrons. The number of hydrogen-bond donors (Lipinski definition) is 8. The van der Waals surface area contributed by atoms with Crippen LogP contribution in [0.1, 0.15) is 12.8 Å². The van der Waals surface area contributed by atoms with Gasteiger partial charge >= 0.3 is 0 Å². The monoisotopic (exact) mass is 1080 g/mol. The van der Waals surface area contributed by atoms with Crippen LogP contribution < -0.4 is 26.3 Å². The number of nitrogens with zero attached hydrogens (tertiary/aromatic N) is 7. The summed E-state index contributed by atoms with van der Waals surface area (Å²) in [6, 6.07) is 23.1. The fraction of sp³-hybridized carbons (Fsp3) is 0.154. The van der Waals surface area contributed by atoms with Crippen LogP contribution in [0.15, 0.2) is 159 Å². The third-order valence-corrected chi connectivity index (χ3v) is 13.0. The standard InChI is InChI=1S/C39H38N10O17S5/c50-67(51,52)18-4-16-65-35-23-28(48-46-26-7-2-10-31(21-26)70(59,60)61)12-14-33(35)41-38-43-37(40-25-6-1-9-30(20-25)69(56,57)58)44-39(45-38)42-34-15-13-29(24-36(34)66-17-5-19-68(53,54)55)49-47-27-8-3-11-32(22-27)71(62,63)64/h1-3,6-15,20-24H,4-5,16-19H2,(H,50,51,52)(H,53,54,55)(H,56,57,58)(H,59,60,61)(H,62,63,64)(H3,40,41,42,43,44,45). The quantitative estimate of drug-likeness (QED) is 0.0275.